The van der Waals surface area contributed by atoms with E-state index in [0.717, 1.165) is 23.6 Å². The van der Waals surface area contributed by atoms with Crippen LogP contribution < -0.4 is 4.31 Å². The lowest BCUT2D eigenvalue weighted by Crippen LogP contribution is -2.49. The van der Waals surface area contributed by atoms with Crippen LogP contribution in [-0.2, 0) is 19.6 Å². The van der Waals surface area contributed by atoms with Gasteiger partial charge in [0.25, 0.3) is 15.9 Å². The number of sulfonamides is 1. The van der Waals surface area contributed by atoms with E-state index in [1.165, 1.54) is 31.3 Å². The van der Waals surface area contributed by atoms with Crippen LogP contribution in [0.25, 0.3) is 0 Å². The van der Waals surface area contributed by atoms with Crippen molar-refractivity contribution in [1.29, 1.82) is 0 Å². The summed E-state index contributed by atoms with van der Waals surface area (Å²) in [5.41, 5.74) is 0.584. The Labute approximate surface area is 183 Å². The lowest BCUT2D eigenvalue weighted by Gasteiger charge is -2.38. The number of para-hydroxylation sites is 1. The Balaban J connectivity index is 1.71. The number of rotatable bonds is 6. The summed E-state index contributed by atoms with van der Waals surface area (Å²) >= 11 is 0. The van der Waals surface area contributed by atoms with Crippen molar-refractivity contribution in [3.63, 3.8) is 0 Å². The SMILES string of the molecule is C[C@@H]1CCC[C@@H](C)N1C(=O)COC(=O)c1cccc(S(=O)(=O)N(C)c2ccccc2)c1. The van der Waals surface area contributed by atoms with Crippen LogP contribution in [0.3, 0.4) is 0 Å². The van der Waals surface area contributed by atoms with Crippen LogP contribution in [-0.4, -0.2) is 50.9 Å². The maximum absolute atomic E-state index is 13.0. The molecule has 166 valence electrons. The van der Waals surface area contributed by atoms with Crippen LogP contribution in [0.1, 0.15) is 43.5 Å². The van der Waals surface area contributed by atoms with Crippen molar-refractivity contribution in [1.82, 2.24) is 4.90 Å². The van der Waals surface area contributed by atoms with E-state index in [1.807, 2.05) is 13.8 Å². The molecule has 1 saturated heterocycles. The molecule has 0 radical (unpaired) electrons. The summed E-state index contributed by atoms with van der Waals surface area (Å²) in [7, 11) is -2.41. The molecule has 3 rings (SSSR count). The topological polar surface area (TPSA) is 84.0 Å². The second-order valence-electron chi connectivity index (χ2n) is 7.84. The third-order valence-corrected chi connectivity index (χ3v) is 7.44. The van der Waals surface area contributed by atoms with Gasteiger partial charge in [-0.15, -0.1) is 0 Å². The highest BCUT2D eigenvalue weighted by Gasteiger charge is 2.29. The van der Waals surface area contributed by atoms with Crippen molar-refractivity contribution in [2.75, 3.05) is 18.0 Å². The molecule has 2 aromatic carbocycles. The molecule has 1 aliphatic rings. The molecule has 0 aliphatic carbocycles. The van der Waals surface area contributed by atoms with Gasteiger partial charge in [0.15, 0.2) is 6.61 Å². The number of esters is 1. The average Bonchev–Trinajstić information content (AvgIpc) is 2.77. The van der Waals surface area contributed by atoms with Gasteiger partial charge in [0.1, 0.15) is 0 Å². The van der Waals surface area contributed by atoms with Gasteiger partial charge in [-0.25, -0.2) is 13.2 Å². The smallest absolute Gasteiger partial charge is 0.338 e. The summed E-state index contributed by atoms with van der Waals surface area (Å²) in [5, 5.41) is 0. The molecule has 8 heteroatoms. The quantitative estimate of drug-likeness (QED) is 0.637. The number of benzene rings is 2. The number of piperidine rings is 1. The molecule has 0 saturated carbocycles. The molecule has 1 fully saturated rings. The Bertz CT molecular complexity index is 1030. The van der Waals surface area contributed by atoms with E-state index in [1.54, 1.807) is 35.2 Å². The molecular weight excluding hydrogens is 416 g/mol. The fourth-order valence-electron chi connectivity index (χ4n) is 3.92. The minimum Gasteiger partial charge on any atom is -0.452 e. The van der Waals surface area contributed by atoms with Crippen molar-refractivity contribution in [2.24, 2.45) is 0 Å². The first-order chi connectivity index (χ1) is 14.7. The minimum absolute atomic E-state index is 0.0297. The molecule has 1 aliphatic heterocycles. The molecule has 0 spiro atoms. The summed E-state index contributed by atoms with van der Waals surface area (Å²) in [5.74, 6) is -0.967. The molecule has 0 N–H and O–H groups in total. The average molecular weight is 445 g/mol. The number of hydrogen-bond acceptors (Lipinski definition) is 5. The van der Waals surface area contributed by atoms with Crippen LogP contribution in [0.4, 0.5) is 5.69 Å². The van der Waals surface area contributed by atoms with Gasteiger partial charge in [-0.1, -0.05) is 24.3 Å². The van der Waals surface area contributed by atoms with Crippen molar-refractivity contribution in [2.45, 2.75) is 50.1 Å². The highest BCUT2D eigenvalue weighted by molar-refractivity contribution is 7.92. The zero-order chi connectivity index (χ0) is 22.6. The van der Waals surface area contributed by atoms with Gasteiger partial charge in [0.2, 0.25) is 0 Å². The van der Waals surface area contributed by atoms with E-state index in [-0.39, 0.29) is 35.1 Å². The zero-order valence-electron chi connectivity index (χ0n) is 18.0. The summed E-state index contributed by atoms with van der Waals surface area (Å²) in [6, 6.07) is 14.5. The van der Waals surface area contributed by atoms with Gasteiger partial charge in [-0.2, -0.15) is 0 Å². The summed E-state index contributed by atoms with van der Waals surface area (Å²) in [6.07, 6.45) is 2.93. The molecule has 0 aromatic heterocycles. The van der Waals surface area contributed by atoms with Crippen LogP contribution in [0.2, 0.25) is 0 Å². The Morgan fingerprint density at radius 3 is 2.32 bits per heavy atom. The lowest BCUT2D eigenvalue weighted by atomic mass is 9.97. The Morgan fingerprint density at radius 2 is 1.68 bits per heavy atom. The van der Waals surface area contributed by atoms with Crippen LogP contribution in [0, 0.1) is 0 Å². The second kappa shape index (κ2) is 9.51. The fraction of sp³-hybridized carbons (Fsp3) is 0.391. The monoisotopic (exact) mass is 444 g/mol. The zero-order valence-corrected chi connectivity index (χ0v) is 18.8. The van der Waals surface area contributed by atoms with Gasteiger partial charge >= 0.3 is 5.97 Å². The number of carbonyl (C=O) groups is 2. The summed E-state index contributed by atoms with van der Waals surface area (Å²) < 4.78 is 32.3. The van der Waals surface area contributed by atoms with E-state index < -0.39 is 16.0 Å². The number of anilines is 1. The van der Waals surface area contributed by atoms with Crippen molar-refractivity contribution < 1.29 is 22.7 Å². The van der Waals surface area contributed by atoms with Gasteiger partial charge < -0.3 is 9.64 Å². The highest BCUT2D eigenvalue weighted by atomic mass is 32.2. The number of carbonyl (C=O) groups excluding carboxylic acids is 2. The standard InChI is InChI=1S/C23H28N2O5S/c1-17-9-7-10-18(2)25(17)22(26)16-30-23(27)19-11-8-14-21(15-19)31(28,29)24(3)20-12-5-4-6-13-20/h4-6,8,11-15,17-18H,7,9-10,16H2,1-3H3/t17-,18-/m1/s1. The maximum Gasteiger partial charge on any atom is 0.338 e. The molecule has 0 unspecified atom stereocenters. The van der Waals surface area contributed by atoms with E-state index in [2.05, 4.69) is 0 Å². The number of likely N-dealkylation sites (tertiary alicyclic amines) is 1. The van der Waals surface area contributed by atoms with Gasteiger partial charge in [0, 0.05) is 19.1 Å². The minimum atomic E-state index is -3.86. The predicted octanol–water partition coefficient (Wildman–Crippen LogP) is 3.46. The Morgan fingerprint density at radius 1 is 1.03 bits per heavy atom. The molecule has 31 heavy (non-hydrogen) atoms. The first-order valence-electron chi connectivity index (χ1n) is 10.3. The number of ether oxygens (including phenoxy) is 1. The predicted molar refractivity (Wildman–Crippen MR) is 118 cm³/mol. The highest BCUT2D eigenvalue weighted by Crippen LogP contribution is 2.24. The van der Waals surface area contributed by atoms with Crippen molar-refractivity contribution in [3.05, 3.63) is 60.2 Å². The normalized spacial score (nSPS) is 19.0. The summed E-state index contributed by atoms with van der Waals surface area (Å²) in [6.45, 7) is 3.62. The third-order valence-electron chi connectivity index (χ3n) is 5.66. The molecule has 2 aromatic rings. The fourth-order valence-corrected chi connectivity index (χ4v) is 5.16. The first-order valence-corrected chi connectivity index (χ1v) is 11.8. The Hall–Kier alpha value is -2.87. The molecule has 1 heterocycles. The molecule has 1 amide bonds. The maximum atomic E-state index is 13.0. The van der Waals surface area contributed by atoms with Crippen LogP contribution in [0.15, 0.2) is 59.5 Å². The summed E-state index contributed by atoms with van der Waals surface area (Å²) in [4.78, 5) is 26.8. The Kier molecular flexibility index (Phi) is 7.00. The second-order valence-corrected chi connectivity index (χ2v) is 9.81. The van der Waals surface area contributed by atoms with Crippen LogP contribution >= 0.6 is 0 Å². The number of nitrogens with zero attached hydrogens (tertiary/aromatic N) is 2. The molecule has 2 atom stereocenters. The van der Waals surface area contributed by atoms with E-state index in [4.69, 9.17) is 4.74 Å². The van der Waals surface area contributed by atoms with Gasteiger partial charge in [-0.3, -0.25) is 9.10 Å². The van der Waals surface area contributed by atoms with E-state index >= 15 is 0 Å². The molecular formula is C23H28N2O5S. The van der Waals surface area contributed by atoms with Gasteiger partial charge in [0.05, 0.1) is 16.1 Å². The largest absolute Gasteiger partial charge is 0.452 e. The van der Waals surface area contributed by atoms with Gasteiger partial charge in [-0.05, 0) is 63.4 Å². The van der Waals surface area contributed by atoms with E-state index in [9.17, 15) is 18.0 Å². The van der Waals surface area contributed by atoms with Crippen molar-refractivity contribution in [3.8, 4) is 0 Å². The number of amides is 1. The molecule has 0 bridgehead atoms. The van der Waals surface area contributed by atoms with Crippen molar-refractivity contribution >= 4 is 27.6 Å². The molecule has 7 nitrogen and oxygen atoms in total. The van der Waals surface area contributed by atoms with E-state index in [0.29, 0.717) is 5.69 Å². The first kappa shape index (κ1) is 22.8. The lowest BCUT2D eigenvalue weighted by molar-refractivity contribution is -0.140. The van der Waals surface area contributed by atoms with Crippen LogP contribution in [0.5, 0.6) is 0 Å². The third kappa shape index (κ3) is 5.07. The number of hydrogen-bond donors (Lipinski definition) is 0.